The van der Waals surface area contributed by atoms with Crippen LogP contribution in [0.15, 0.2) is 0 Å². The van der Waals surface area contributed by atoms with Crippen LogP contribution in [-0.2, 0) is 19.9 Å². The molecule has 0 aromatic carbocycles. The van der Waals surface area contributed by atoms with Crippen LogP contribution in [0.2, 0.25) is 0 Å². The van der Waals surface area contributed by atoms with E-state index in [1.54, 1.807) is 6.92 Å². The first kappa shape index (κ1) is 13.9. The highest BCUT2D eigenvalue weighted by atomic mass is 32.3. The first-order chi connectivity index (χ1) is 7.12. The minimum absolute atomic E-state index is 0.533. The molecule has 16 heavy (non-hydrogen) atoms. The van der Waals surface area contributed by atoms with Gasteiger partial charge in [-0.3, -0.25) is 0 Å². The lowest BCUT2D eigenvalue weighted by Crippen LogP contribution is -2.53. The molecule has 0 spiro atoms. The number of sulfonamides is 1. The third-order valence-corrected chi connectivity index (χ3v) is 6.24. The van der Waals surface area contributed by atoms with Crippen molar-refractivity contribution in [1.82, 2.24) is 10.0 Å². The highest BCUT2D eigenvalue weighted by molar-refractivity contribution is 8.06. The lowest BCUT2D eigenvalue weighted by Gasteiger charge is -2.34. The van der Waals surface area contributed by atoms with E-state index in [1.165, 1.54) is 0 Å². The number of hydrogen-bond acceptors (Lipinski definition) is 5. The molecule has 1 rings (SSSR count). The molecule has 1 heterocycles. The van der Waals surface area contributed by atoms with Crippen LogP contribution in [0.1, 0.15) is 19.8 Å². The molecule has 0 aromatic heterocycles. The SMILES string of the molecule is CC1(NS(=O)(=O)CS(C)(=O)=O)CCNCC1. The molecule has 1 aliphatic heterocycles. The Kier molecular flexibility index (Phi) is 3.99. The van der Waals surface area contributed by atoms with E-state index in [4.69, 9.17) is 0 Å². The van der Waals surface area contributed by atoms with Crippen molar-refractivity contribution in [1.29, 1.82) is 0 Å². The molecule has 0 bridgehead atoms. The third kappa shape index (κ3) is 4.77. The van der Waals surface area contributed by atoms with Gasteiger partial charge in [0.1, 0.15) is 0 Å². The lowest BCUT2D eigenvalue weighted by molar-refractivity contribution is 0.308. The molecule has 0 atom stereocenters. The second-order valence-corrected chi connectivity index (χ2v) is 8.80. The molecule has 0 unspecified atom stereocenters. The van der Waals surface area contributed by atoms with Gasteiger partial charge in [-0.2, -0.15) is 0 Å². The van der Waals surface area contributed by atoms with Gasteiger partial charge >= 0.3 is 0 Å². The Morgan fingerprint density at radius 3 is 2.12 bits per heavy atom. The van der Waals surface area contributed by atoms with Crippen LogP contribution in [0.4, 0.5) is 0 Å². The van der Waals surface area contributed by atoms with Gasteiger partial charge in [-0.15, -0.1) is 0 Å². The predicted octanol–water partition coefficient (Wildman–Crippen LogP) is -0.950. The Hall–Kier alpha value is -0.180. The van der Waals surface area contributed by atoms with Crippen molar-refractivity contribution in [2.45, 2.75) is 25.3 Å². The molecule has 8 heteroatoms. The van der Waals surface area contributed by atoms with E-state index in [9.17, 15) is 16.8 Å². The van der Waals surface area contributed by atoms with E-state index in [-0.39, 0.29) is 0 Å². The Bertz CT molecular complexity index is 435. The number of rotatable bonds is 4. The summed E-state index contributed by atoms with van der Waals surface area (Å²) in [4.78, 5) is 0. The maximum Gasteiger partial charge on any atom is 0.226 e. The molecule has 6 nitrogen and oxygen atoms in total. The summed E-state index contributed by atoms with van der Waals surface area (Å²) >= 11 is 0. The molecule has 96 valence electrons. The standard InChI is InChI=1S/C8H18N2O4S2/c1-8(3-5-9-6-4-8)10-16(13,14)7-15(2,11)12/h9-10H,3-7H2,1-2H3. The average molecular weight is 270 g/mol. The van der Waals surface area contributed by atoms with Gasteiger partial charge in [0.05, 0.1) is 0 Å². The molecule has 1 fully saturated rings. The molecule has 0 amide bonds. The zero-order chi connectivity index (χ0) is 12.4. The van der Waals surface area contributed by atoms with Crippen LogP contribution in [0, 0.1) is 0 Å². The Labute approximate surface area is 96.8 Å². The van der Waals surface area contributed by atoms with E-state index >= 15 is 0 Å². The van der Waals surface area contributed by atoms with Gasteiger partial charge in [-0.1, -0.05) is 0 Å². The first-order valence-corrected chi connectivity index (χ1v) is 8.73. The Morgan fingerprint density at radius 1 is 1.19 bits per heavy atom. The molecular weight excluding hydrogens is 252 g/mol. The van der Waals surface area contributed by atoms with Crippen molar-refractivity contribution in [3.8, 4) is 0 Å². The van der Waals surface area contributed by atoms with Gasteiger partial charge < -0.3 is 5.32 Å². The van der Waals surface area contributed by atoms with Crippen LogP contribution in [0.5, 0.6) is 0 Å². The van der Waals surface area contributed by atoms with Crippen molar-refractivity contribution in [2.75, 3.05) is 24.4 Å². The van der Waals surface area contributed by atoms with E-state index in [1.807, 2.05) is 0 Å². The van der Waals surface area contributed by atoms with Crippen LogP contribution >= 0.6 is 0 Å². The maximum atomic E-state index is 11.6. The topological polar surface area (TPSA) is 92.3 Å². The van der Waals surface area contributed by atoms with E-state index in [0.29, 0.717) is 12.8 Å². The van der Waals surface area contributed by atoms with Gasteiger partial charge in [-0.25, -0.2) is 21.6 Å². The zero-order valence-electron chi connectivity index (χ0n) is 9.49. The van der Waals surface area contributed by atoms with Gasteiger partial charge in [0.15, 0.2) is 14.9 Å². The Morgan fingerprint density at radius 2 is 1.69 bits per heavy atom. The van der Waals surface area contributed by atoms with Crippen LogP contribution in [0.25, 0.3) is 0 Å². The highest BCUT2D eigenvalue weighted by Gasteiger charge is 2.32. The first-order valence-electron chi connectivity index (χ1n) is 5.02. The second-order valence-electron chi connectivity index (χ2n) is 4.57. The van der Waals surface area contributed by atoms with Gasteiger partial charge in [0.25, 0.3) is 0 Å². The van der Waals surface area contributed by atoms with Gasteiger partial charge in [-0.05, 0) is 32.9 Å². The molecule has 0 aromatic rings. The summed E-state index contributed by atoms with van der Waals surface area (Å²) in [6.07, 6.45) is 2.24. The van der Waals surface area contributed by atoms with Crippen molar-refractivity contribution in [2.24, 2.45) is 0 Å². The number of hydrogen-bond donors (Lipinski definition) is 2. The van der Waals surface area contributed by atoms with E-state index in [0.717, 1.165) is 19.3 Å². The van der Waals surface area contributed by atoms with Gasteiger partial charge in [0.2, 0.25) is 10.0 Å². The van der Waals surface area contributed by atoms with Crippen molar-refractivity contribution >= 4 is 19.9 Å². The molecular formula is C8H18N2O4S2. The monoisotopic (exact) mass is 270 g/mol. The Balaban J connectivity index is 2.72. The second kappa shape index (κ2) is 4.59. The molecule has 0 saturated carbocycles. The fourth-order valence-corrected chi connectivity index (χ4v) is 5.21. The van der Waals surface area contributed by atoms with E-state index < -0.39 is 30.5 Å². The quantitative estimate of drug-likeness (QED) is 0.687. The summed E-state index contributed by atoms with van der Waals surface area (Å²) in [7, 11) is -7.29. The minimum Gasteiger partial charge on any atom is -0.317 e. The summed E-state index contributed by atoms with van der Waals surface area (Å²) in [6.45, 7) is 3.27. The summed E-state index contributed by atoms with van der Waals surface area (Å²) in [6, 6.07) is 0. The highest BCUT2D eigenvalue weighted by Crippen LogP contribution is 2.18. The van der Waals surface area contributed by atoms with Crippen molar-refractivity contribution in [3.05, 3.63) is 0 Å². The van der Waals surface area contributed by atoms with Crippen LogP contribution < -0.4 is 10.0 Å². The number of sulfone groups is 1. The predicted molar refractivity (Wildman–Crippen MR) is 62.3 cm³/mol. The summed E-state index contributed by atoms with van der Waals surface area (Å²) < 4.78 is 47.6. The number of nitrogens with one attached hydrogen (secondary N) is 2. The normalized spacial score (nSPS) is 21.9. The zero-order valence-corrected chi connectivity index (χ0v) is 11.1. The smallest absolute Gasteiger partial charge is 0.226 e. The average Bonchev–Trinajstić information content (AvgIpc) is 1.97. The lowest BCUT2D eigenvalue weighted by atomic mass is 9.92. The maximum absolute atomic E-state index is 11.6. The summed E-state index contributed by atoms with van der Waals surface area (Å²) in [5, 5.41) is 2.28. The number of piperidine rings is 1. The summed E-state index contributed by atoms with van der Waals surface area (Å²) in [5.41, 5.74) is -0.533. The van der Waals surface area contributed by atoms with Crippen LogP contribution in [0.3, 0.4) is 0 Å². The fraction of sp³-hybridized carbons (Fsp3) is 1.00. The molecule has 0 aliphatic carbocycles. The van der Waals surface area contributed by atoms with E-state index in [2.05, 4.69) is 10.0 Å². The minimum atomic E-state index is -3.76. The summed E-state index contributed by atoms with van der Waals surface area (Å²) in [5.74, 6) is 0. The molecule has 1 saturated heterocycles. The van der Waals surface area contributed by atoms with Crippen molar-refractivity contribution in [3.63, 3.8) is 0 Å². The van der Waals surface area contributed by atoms with Gasteiger partial charge in [0, 0.05) is 11.8 Å². The fourth-order valence-electron chi connectivity index (χ4n) is 1.77. The van der Waals surface area contributed by atoms with Crippen molar-refractivity contribution < 1.29 is 16.8 Å². The van der Waals surface area contributed by atoms with Crippen LogP contribution in [-0.4, -0.2) is 46.8 Å². The molecule has 2 N–H and O–H groups in total. The largest absolute Gasteiger partial charge is 0.317 e. The molecule has 0 radical (unpaired) electrons. The molecule has 1 aliphatic rings. The third-order valence-electron chi connectivity index (χ3n) is 2.48.